The molecule has 0 fully saturated rings. The Bertz CT molecular complexity index is 1430. The minimum Gasteiger partial charge on any atom is -0.455 e. The molecule has 5 aromatic rings. The molecule has 0 radical (unpaired) electrons. The molecule has 0 unspecified atom stereocenters. The average molecular weight is 412 g/mol. The van der Waals surface area contributed by atoms with Crippen LogP contribution in [0.25, 0.3) is 44.0 Å². The van der Waals surface area contributed by atoms with E-state index in [2.05, 4.69) is 45.9 Å². The lowest BCUT2D eigenvalue weighted by Gasteiger charge is -2.14. The molecule has 2 nitrogen and oxygen atoms in total. The Hall–Kier alpha value is -3.20. The van der Waals surface area contributed by atoms with Gasteiger partial charge in [-0.1, -0.05) is 52.0 Å². The monoisotopic (exact) mass is 411 g/mol. The molecule has 0 aliphatic rings. The van der Waals surface area contributed by atoms with Gasteiger partial charge in [-0.3, -0.25) is 4.98 Å². The van der Waals surface area contributed by atoms with E-state index in [0.717, 1.165) is 56.0 Å². The van der Waals surface area contributed by atoms with Crippen LogP contribution >= 0.6 is 0 Å². The maximum atomic E-state index is 14.4. The fraction of sp³-hybridized carbons (Fsp3) is 0.250. The van der Waals surface area contributed by atoms with Gasteiger partial charge in [-0.25, -0.2) is 4.39 Å². The first-order valence-corrected chi connectivity index (χ1v) is 10.9. The Balaban J connectivity index is 1.88. The SMILES string of the molecule is CC(C)Cc1cnc(-c2cc(C(C)C)cc3c2oc2ccccc23)c2cc(F)ccc12. The van der Waals surface area contributed by atoms with Crippen LogP contribution in [0.2, 0.25) is 0 Å². The fourth-order valence-corrected chi connectivity index (χ4v) is 4.45. The molecule has 0 N–H and O–H groups in total. The van der Waals surface area contributed by atoms with E-state index in [1.54, 1.807) is 6.07 Å². The van der Waals surface area contributed by atoms with Crippen LogP contribution in [0, 0.1) is 11.7 Å². The highest BCUT2D eigenvalue weighted by Crippen LogP contribution is 2.40. The van der Waals surface area contributed by atoms with E-state index in [0.29, 0.717) is 11.8 Å². The van der Waals surface area contributed by atoms with Crippen molar-refractivity contribution in [2.24, 2.45) is 5.92 Å². The lowest BCUT2D eigenvalue weighted by molar-refractivity contribution is 0.629. The first-order chi connectivity index (χ1) is 14.9. The Morgan fingerprint density at radius 3 is 2.45 bits per heavy atom. The van der Waals surface area contributed by atoms with Crippen LogP contribution in [0.1, 0.15) is 44.7 Å². The molecule has 31 heavy (non-hydrogen) atoms. The molecule has 3 heteroatoms. The maximum absolute atomic E-state index is 14.4. The summed E-state index contributed by atoms with van der Waals surface area (Å²) in [6, 6.07) is 17.5. The van der Waals surface area contributed by atoms with Crippen LogP contribution in [-0.4, -0.2) is 4.98 Å². The summed E-state index contributed by atoms with van der Waals surface area (Å²) in [5.74, 6) is 0.588. The number of halogens is 1. The zero-order chi connectivity index (χ0) is 21.7. The Labute approximate surface area is 181 Å². The van der Waals surface area contributed by atoms with Gasteiger partial charge in [0.25, 0.3) is 0 Å². The number of fused-ring (bicyclic) bond motifs is 4. The van der Waals surface area contributed by atoms with Gasteiger partial charge < -0.3 is 4.42 Å². The second-order valence-electron chi connectivity index (χ2n) is 9.12. The summed E-state index contributed by atoms with van der Waals surface area (Å²) in [7, 11) is 0. The highest BCUT2D eigenvalue weighted by molar-refractivity contribution is 6.12. The van der Waals surface area contributed by atoms with Crippen molar-refractivity contribution >= 4 is 32.7 Å². The second kappa shape index (κ2) is 7.49. The van der Waals surface area contributed by atoms with Gasteiger partial charge in [-0.15, -0.1) is 0 Å². The third-order valence-corrected chi connectivity index (χ3v) is 5.98. The summed E-state index contributed by atoms with van der Waals surface area (Å²) >= 11 is 0. The van der Waals surface area contributed by atoms with Crippen molar-refractivity contribution < 1.29 is 8.81 Å². The zero-order valence-corrected chi connectivity index (χ0v) is 18.4. The van der Waals surface area contributed by atoms with Gasteiger partial charge in [0.15, 0.2) is 0 Å². The van der Waals surface area contributed by atoms with E-state index in [1.165, 1.54) is 11.6 Å². The number of hydrogen-bond acceptors (Lipinski definition) is 2. The Morgan fingerprint density at radius 1 is 0.871 bits per heavy atom. The first-order valence-electron chi connectivity index (χ1n) is 10.9. The molecular formula is C28H26FNO. The number of hydrogen-bond donors (Lipinski definition) is 0. The summed E-state index contributed by atoms with van der Waals surface area (Å²) in [6.45, 7) is 8.74. The van der Waals surface area contributed by atoms with Crippen LogP contribution in [0.15, 0.2) is 65.2 Å². The second-order valence-corrected chi connectivity index (χ2v) is 9.12. The molecule has 2 aromatic heterocycles. The molecule has 0 atom stereocenters. The van der Waals surface area contributed by atoms with Crippen molar-refractivity contribution in [3.63, 3.8) is 0 Å². The summed E-state index contributed by atoms with van der Waals surface area (Å²) in [4.78, 5) is 4.87. The lowest BCUT2D eigenvalue weighted by Crippen LogP contribution is -1.99. The van der Waals surface area contributed by atoms with E-state index in [-0.39, 0.29) is 5.82 Å². The quantitative estimate of drug-likeness (QED) is 0.297. The van der Waals surface area contributed by atoms with Crippen LogP contribution in [-0.2, 0) is 6.42 Å². The molecule has 0 spiro atoms. The highest BCUT2D eigenvalue weighted by atomic mass is 19.1. The number of furan rings is 1. The predicted octanol–water partition coefficient (Wildman–Crippen LogP) is 8.26. The molecule has 0 saturated heterocycles. The minimum atomic E-state index is -0.252. The van der Waals surface area contributed by atoms with E-state index in [1.807, 2.05) is 30.5 Å². The first kappa shape index (κ1) is 19.7. The molecule has 0 aliphatic heterocycles. The van der Waals surface area contributed by atoms with Gasteiger partial charge in [0.2, 0.25) is 0 Å². The van der Waals surface area contributed by atoms with Crippen molar-refractivity contribution in [3.05, 3.63) is 77.7 Å². The minimum absolute atomic E-state index is 0.252. The lowest BCUT2D eigenvalue weighted by atomic mass is 9.92. The smallest absolute Gasteiger partial charge is 0.144 e. The largest absolute Gasteiger partial charge is 0.455 e. The van der Waals surface area contributed by atoms with Gasteiger partial charge >= 0.3 is 0 Å². The molecule has 3 aromatic carbocycles. The van der Waals surface area contributed by atoms with Gasteiger partial charge in [0, 0.05) is 27.9 Å². The number of nitrogens with zero attached hydrogens (tertiary/aromatic N) is 1. The van der Waals surface area contributed by atoms with Crippen molar-refractivity contribution in [1.29, 1.82) is 0 Å². The summed E-state index contributed by atoms with van der Waals surface area (Å²) in [5, 5.41) is 4.06. The third-order valence-electron chi connectivity index (χ3n) is 5.98. The predicted molar refractivity (Wildman–Crippen MR) is 127 cm³/mol. The van der Waals surface area contributed by atoms with Gasteiger partial charge in [-0.2, -0.15) is 0 Å². The molecule has 2 heterocycles. The van der Waals surface area contributed by atoms with Crippen LogP contribution in [0.5, 0.6) is 0 Å². The van der Waals surface area contributed by atoms with Crippen LogP contribution < -0.4 is 0 Å². The van der Waals surface area contributed by atoms with Crippen molar-refractivity contribution in [1.82, 2.24) is 4.98 Å². The van der Waals surface area contributed by atoms with E-state index < -0.39 is 0 Å². The fourth-order valence-electron chi connectivity index (χ4n) is 4.45. The summed E-state index contributed by atoms with van der Waals surface area (Å²) in [5.41, 5.74) is 5.71. The Kier molecular flexibility index (Phi) is 4.77. The van der Waals surface area contributed by atoms with Crippen molar-refractivity contribution in [3.8, 4) is 11.3 Å². The van der Waals surface area contributed by atoms with Crippen LogP contribution in [0.3, 0.4) is 0 Å². The third kappa shape index (κ3) is 3.38. The molecule has 0 saturated carbocycles. The topological polar surface area (TPSA) is 26.0 Å². The standard InChI is InChI=1S/C28H26FNO/c1-16(2)11-19-15-30-27(23-14-20(29)9-10-21(19)23)25-13-18(17(3)4)12-24-22-7-5-6-8-26(22)31-28(24)25/h5-10,12-17H,11H2,1-4H3. The van der Waals surface area contributed by atoms with Crippen LogP contribution in [0.4, 0.5) is 4.39 Å². The Morgan fingerprint density at radius 2 is 1.68 bits per heavy atom. The number of benzene rings is 3. The molecular weight excluding hydrogens is 385 g/mol. The summed E-state index contributed by atoms with van der Waals surface area (Å²) < 4.78 is 20.7. The molecule has 0 aliphatic carbocycles. The zero-order valence-electron chi connectivity index (χ0n) is 18.4. The molecule has 0 bridgehead atoms. The maximum Gasteiger partial charge on any atom is 0.144 e. The highest BCUT2D eigenvalue weighted by Gasteiger charge is 2.19. The normalized spacial score (nSPS) is 12.1. The number of pyridine rings is 1. The average Bonchev–Trinajstić information content (AvgIpc) is 3.11. The summed E-state index contributed by atoms with van der Waals surface area (Å²) in [6.07, 6.45) is 2.85. The van der Waals surface area contributed by atoms with Gasteiger partial charge in [0.05, 0.1) is 5.69 Å². The number of rotatable bonds is 4. The van der Waals surface area contributed by atoms with E-state index in [4.69, 9.17) is 9.40 Å². The van der Waals surface area contributed by atoms with Gasteiger partial charge in [0.1, 0.15) is 17.0 Å². The van der Waals surface area contributed by atoms with E-state index in [9.17, 15) is 4.39 Å². The van der Waals surface area contributed by atoms with Gasteiger partial charge in [-0.05, 0) is 65.1 Å². The molecule has 156 valence electrons. The number of aromatic nitrogens is 1. The molecule has 0 amide bonds. The van der Waals surface area contributed by atoms with Crippen molar-refractivity contribution in [2.45, 2.75) is 40.0 Å². The van der Waals surface area contributed by atoms with E-state index >= 15 is 0 Å². The number of para-hydroxylation sites is 1. The molecule has 5 rings (SSSR count). The van der Waals surface area contributed by atoms with Crippen molar-refractivity contribution in [2.75, 3.05) is 0 Å².